The van der Waals surface area contributed by atoms with E-state index in [9.17, 15) is 9.59 Å². The molecule has 0 saturated carbocycles. The SMILES string of the molecule is CC(C)c1cc(CN=C=O)cc(CN=C=O)c1. The fourth-order valence-corrected chi connectivity index (χ4v) is 1.55. The number of rotatable bonds is 5. The van der Waals surface area contributed by atoms with Gasteiger partial charge in [-0.05, 0) is 22.6 Å². The van der Waals surface area contributed by atoms with Crippen molar-refractivity contribution < 1.29 is 9.59 Å². The van der Waals surface area contributed by atoms with Gasteiger partial charge in [-0.25, -0.2) is 19.6 Å². The Morgan fingerprint density at radius 1 is 1.00 bits per heavy atom. The molecular formula is C13H14N2O2. The van der Waals surface area contributed by atoms with Crippen LogP contribution in [0.1, 0.15) is 36.5 Å². The smallest absolute Gasteiger partial charge is 0.211 e. The van der Waals surface area contributed by atoms with Crippen LogP contribution in [0.5, 0.6) is 0 Å². The molecule has 0 spiro atoms. The molecule has 0 saturated heterocycles. The Morgan fingerprint density at radius 2 is 1.47 bits per heavy atom. The van der Waals surface area contributed by atoms with E-state index in [1.807, 2.05) is 18.2 Å². The van der Waals surface area contributed by atoms with Crippen molar-refractivity contribution in [3.8, 4) is 0 Å². The zero-order valence-corrected chi connectivity index (χ0v) is 9.93. The minimum absolute atomic E-state index is 0.307. The Labute approximate surface area is 100 Å². The molecule has 88 valence electrons. The second kappa shape index (κ2) is 6.54. The summed E-state index contributed by atoms with van der Waals surface area (Å²) in [7, 11) is 0. The van der Waals surface area contributed by atoms with Gasteiger partial charge in [0.15, 0.2) is 0 Å². The maximum atomic E-state index is 10.1. The zero-order chi connectivity index (χ0) is 12.7. The average Bonchev–Trinajstić information content (AvgIpc) is 2.33. The Morgan fingerprint density at radius 3 is 1.82 bits per heavy atom. The molecule has 1 aromatic carbocycles. The molecule has 0 aromatic heterocycles. The highest BCUT2D eigenvalue weighted by atomic mass is 16.1. The molecule has 0 aliphatic rings. The number of isocyanates is 2. The number of benzene rings is 1. The van der Waals surface area contributed by atoms with Gasteiger partial charge in [0.1, 0.15) is 0 Å². The fraction of sp³-hybridized carbons (Fsp3) is 0.385. The van der Waals surface area contributed by atoms with E-state index in [1.165, 1.54) is 12.2 Å². The summed E-state index contributed by atoms with van der Waals surface area (Å²) in [5, 5.41) is 0. The number of hydrogen-bond donors (Lipinski definition) is 0. The Bertz CT molecular complexity index is 444. The first-order valence-electron chi connectivity index (χ1n) is 5.37. The number of aliphatic imine (C=N–C) groups is 2. The zero-order valence-electron chi connectivity index (χ0n) is 9.93. The topological polar surface area (TPSA) is 58.9 Å². The minimum atomic E-state index is 0.307. The van der Waals surface area contributed by atoms with E-state index >= 15 is 0 Å². The van der Waals surface area contributed by atoms with Crippen LogP contribution in [0, 0.1) is 0 Å². The van der Waals surface area contributed by atoms with Crippen LogP contribution in [-0.2, 0) is 22.7 Å². The first-order valence-corrected chi connectivity index (χ1v) is 5.37. The highest BCUT2D eigenvalue weighted by Gasteiger charge is 2.04. The van der Waals surface area contributed by atoms with Gasteiger partial charge < -0.3 is 0 Å². The molecule has 4 heteroatoms. The predicted molar refractivity (Wildman–Crippen MR) is 64.2 cm³/mol. The molecule has 0 aliphatic carbocycles. The maximum absolute atomic E-state index is 10.1. The van der Waals surface area contributed by atoms with Crippen LogP contribution in [0.25, 0.3) is 0 Å². The third kappa shape index (κ3) is 4.15. The molecule has 0 radical (unpaired) electrons. The van der Waals surface area contributed by atoms with Crippen molar-refractivity contribution >= 4 is 12.2 Å². The number of nitrogens with zero attached hydrogens (tertiary/aromatic N) is 2. The van der Waals surface area contributed by atoms with Gasteiger partial charge in [-0.2, -0.15) is 0 Å². The molecule has 0 fully saturated rings. The lowest BCUT2D eigenvalue weighted by Crippen LogP contribution is -1.94. The van der Waals surface area contributed by atoms with E-state index in [2.05, 4.69) is 23.8 Å². The molecule has 1 rings (SSSR count). The van der Waals surface area contributed by atoms with Gasteiger partial charge in [0.25, 0.3) is 0 Å². The summed E-state index contributed by atoms with van der Waals surface area (Å²) in [5.74, 6) is 0.370. The van der Waals surface area contributed by atoms with Crippen LogP contribution in [0.15, 0.2) is 28.2 Å². The van der Waals surface area contributed by atoms with Gasteiger partial charge in [-0.15, -0.1) is 0 Å². The van der Waals surface area contributed by atoms with Crippen molar-refractivity contribution in [2.24, 2.45) is 9.98 Å². The second-order valence-electron chi connectivity index (χ2n) is 4.05. The van der Waals surface area contributed by atoms with Crippen LogP contribution in [0.4, 0.5) is 0 Å². The van der Waals surface area contributed by atoms with Crippen molar-refractivity contribution in [3.05, 3.63) is 34.9 Å². The largest absolute Gasteiger partial charge is 0.235 e. The van der Waals surface area contributed by atoms with E-state index in [1.54, 1.807) is 0 Å². The Balaban J connectivity index is 3.07. The standard InChI is InChI=1S/C13H14N2O2/c1-10(2)13-4-11(6-14-8-16)3-12(5-13)7-15-9-17/h3-5,10H,6-7H2,1-2H3. The maximum Gasteiger partial charge on any atom is 0.235 e. The van der Waals surface area contributed by atoms with Gasteiger partial charge in [0.2, 0.25) is 12.2 Å². The lowest BCUT2D eigenvalue weighted by Gasteiger charge is -2.09. The van der Waals surface area contributed by atoms with E-state index in [0.717, 1.165) is 16.7 Å². The summed E-state index contributed by atoms with van der Waals surface area (Å²) >= 11 is 0. The molecule has 0 N–H and O–H groups in total. The predicted octanol–water partition coefficient (Wildman–Crippen LogP) is 2.48. The van der Waals surface area contributed by atoms with Crippen LogP contribution in [-0.4, -0.2) is 12.2 Å². The normalized spacial score (nSPS) is 9.59. The monoisotopic (exact) mass is 230 g/mol. The third-order valence-corrected chi connectivity index (χ3v) is 2.39. The van der Waals surface area contributed by atoms with E-state index in [0.29, 0.717) is 19.0 Å². The summed E-state index contributed by atoms with van der Waals surface area (Å²) in [6.45, 7) is 4.77. The number of carbonyl (C=O) groups excluding carboxylic acids is 2. The first-order chi connectivity index (χ1) is 8.17. The van der Waals surface area contributed by atoms with E-state index in [-0.39, 0.29) is 0 Å². The summed E-state index contributed by atoms with van der Waals surface area (Å²) in [4.78, 5) is 27.3. The minimum Gasteiger partial charge on any atom is -0.211 e. The molecule has 0 bridgehead atoms. The molecule has 0 aliphatic heterocycles. The van der Waals surface area contributed by atoms with Crippen LogP contribution in [0.3, 0.4) is 0 Å². The molecule has 0 heterocycles. The summed E-state index contributed by atoms with van der Waals surface area (Å²) < 4.78 is 0. The molecule has 1 aromatic rings. The van der Waals surface area contributed by atoms with E-state index in [4.69, 9.17) is 0 Å². The van der Waals surface area contributed by atoms with Crippen molar-refractivity contribution in [2.45, 2.75) is 32.9 Å². The number of hydrogen-bond acceptors (Lipinski definition) is 4. The summed E-state index contributed by atoms with van der Waals surface area (Å²) in [5.41, 5.74) is 2.99. The fourth-order valence-electron chi connectivity index (χ4n) is 1.55. The summed E-state index contributed by atoms with van der Waals surface area (Å²) in [6, 6.07) is 5.88. The molecule has 17 heavy (non-hydrogen) atoms. The van der Waals surface area contributed by atoms with Gasteiger partial charge in [0.05, 0.1) is 13.1 Å². The van der Waals surface area contributed by atoms with Gasteiger partial charge >= 0.3 is 0 Å². The van der Waals surface area contributed by atoms with Crippen molar-refractivity contribution in [3.63, 3.8) is 0 Å². The Kier molecular flexibility index (Phi) is 5.02. The van der Waals surface area contributed by atoms with Crippen LogP contribution in [0.2, 0.25) is 0 Å². The van der Waals surface area contributed by atoms with Crippen molar-refractivity contribution in [2.75, 3.05) is 0 Å². The van der Waals surface area contributed by atoms with Crippen molar-refractivity contribution in [1.82, 2.24) is 0 Å². The first kappa shape index (κ1) is 13.0. The molecule has 4 nitrogen and oxygen atoms in total. The molecule has 0 unspecified atom stereocenters. The molecular weight excluding hydrogens is 216 g/mol. The van der Waals surface area contributed by atoms with Crippen molar-refractivity contribution in [1.29, 1.82) is 0 Å². The Hall–Kier alpha value is -2.02. The second-order valence-corrected chi connectivity index (χ2v) is 4.05. The quantitative estimate of drug-likeness (QED) is 0.576. The lowest BCUT2D eigenvalue weighted by atomic mass is 9.97. The van der Waals surface area contributed by atoms with Crippen LogP contribution < -0.4 is 0 Å². The van der Waals surface area contributed by atoms with Gasteiger partial charge in [-0.1, -0.05) is 32.0 Å². The van der Waals surface area contributed by atoms with E-state index < -0.39 is 0 Å². The summed E-state index contributed by atoms with van der Waals surface area (Å²) in [6.07, 6.45) is 3.03. The van der Waals surface area contributed by atoms with Gasteiger partial charge in [-0.3, -0.25) is 0 Å². The average molecular weight is 230 g/mol. The molecule has 0 amide bonds. The van der Waals surface area contributed by atoms with Crippen LogP contribution >= 0.6 is 0 Å². The van der Waals surface area contributed by atoms with Gasteiger partial charge in [0, 0.05) is 0 Å². The third-order valence-electron chi connectivity index (χ3n) is 2.39. The highest BCUT2D eigenvalue weighted by molar-refractivity contribution is 5.37. The highest BCUT2D eigenvalue weighted by Crippen LogP contribution is 2.19. The molecule has 0 atom stereocenters. The lowest BCUT2D eigenvalue weighted by molar-refractivity contribution is 0.562.